The number of benzene rings is 1. The van der Waals surface area contributed by atoms with Crippen molar-refractivity contribution in [3.05, 3.63) is 46.6 Å². The van der Waals surface area contributed by atoms with E-state index in [0.29, 0.717) is 5.56 Å². The number of hydrogen-bond donors (Lipinski definition) is 3. The van der Waals surface area contributed by atoms with Gasteiger partial charge in [0.2, 0.25) is 0 Å². The van der Waals surface area contributed by atoms with Gasteiger partial charge in [0.1, 0.15) is 0 Å². The lowest BCUT2D eigenvalue weighted by Gasteiger charge is -2.38. The Bertz CT molecular complexity index is 840. The number of allylic oxidation sites excluding steroid dienone is 1. The van der Waals surface area contributed by atoms with Crippen LogP contribution in [0.25, 0.3) is 10.9 Å². The molecule has 1 aromatic heterocycles. The third kappa shape index (κ3) is 2.37. The van der Waals surface area contributed by atoms with E-state index in [-0.39, 0.29) is 12.8 Å². The Balaban J connectivity index is 2.23. The lowest BCUT2D eigenvalue weighted by Crippen LogP contribution is -2.44. The first kappa shape index (κ1) is 15.8. The summed E-state index contributed by atoms with van der Waals surface area (Å²) in [7, 11) is 0. The van der Waals surface area contributed by atoms with Crippen molar-refractivity contribution in [1.82, 2.24) is 4.98 Å². The lowest BCUT2D eigenvalue weighted by molar-refractivity contribution is -0.151. The predicted molar refractivity (Wildman–Crippen MR) is 89.4 cm³/mol. The van der Waals surface area contributed by atoms with E-state index in [1.165, 1.54) is 0 Å². The molecule has 0 amide bonds. The van der Waals surface area contributed by atoms with Gasteiger partial charge in [0.15, 0.2) is 0 Å². The number of aromatic nitrogens is 1. The Hall–Kier alpha value is -2.08. The molecule has 6 heteroatoms. The molecule has 5 nitrogen and oxygen atoms in total. The second-order valence-electron chi connectivity index (χ2n) is 6.29. The molecule has 3 rings (SSSR count). The first-order valence-electron chi connectivity index (χ1n) is 7.20. The molecular formula is C17H16BrNO4. The summed E-state index contributed by atoms with van der Waals surface area (Å²) >= 11 is 3.41. The molecule has 0 radical (unpaired) electrons. The summed E-state index contributed by atoms with van der Waals surface area (Å²) < 4.78 is 0.846. The number of halogens is 1. The van der Waals surface area contributed by atoms with E-state index >= 15 is 0 Å². The van der Waals surface area contributed by atoms with Crippen molar-refractivity contribution in [2.75, 3.05) is 0 Å². The van der Waals surface area contributed by atoms with Gasteiger partial charge in [-0.25, -0.2) is 0 Å². The molecule has 1 aliphatic carbocycles. The Morgan fingerprint density at radius 1 is 1.26 bits per heavy atom. The van der Waals surface area contributed by atoms with E-state index in [0.717, 1.165) is 15.4 Å². The summed E-state index contributed by atoms with van der Waals surface area (Å²) in [6.45, 7) is 1.56. The summed E-state index contributed by atoms with van der Waals surface area (Å²) in [6, 6.07) is 5.61. The van der Waals surface area contributed by atoms with E-state index in [4.69, 9.17) is 0 Å². The van der Waals surface area contributed by atoms with Crippen molar-refractivity contribution in [2.45, 2.75) is 25.2 Å². The van der Waals surface area contributed by atoms with Gasteiger partial charge in [-0.05, 0) is 43.5 Å². The number of nitrogens with one attached hydrogen (secondary N) is 1. The zero-order chi connectivity index (χ0) is 16.8. The number of hydrogen-bond acceptors (Lipinski definition) is 2. The molecule has 120 valence electrons. The standard InChI is InChI=1S/C17H16BrNO4/c1-16(14(20)21)5-2-6-17(9-16,15(22)23)12-8-19-13-4-3-10(18)7-11(12)13/h2-5,7-8,19H,6,9H2,1H3,(H,20,21)(H,22,23). The Labute approximate surface area is 141 Å². The number of carboxylic acids is 2. The molecule has 0 bridgehead atoms. The SMILES string of the molecule is CC1(C(=O)O)C=CCC(C(=O)O)(c2c[nH]c3ccc(Br)cc23)C1. The molecule has 0 aliphatic heterocycles. The number of rotatable bonds is 3. The third-order valence-corrected chi connectivity index (χ3v) is 5.17. The molecule has 2 aromatic rings. The number of carbonyl (C=O) groups is 2. The highest BCUT2D eigenvalue weighted by Gasteiger charge is 2.50. The maximum Gasteiger partial charge on any atom is 0.314 e. The minimum Gasteiger partial charge on any atom is -0.481 e. The number of fused-ring (bicyclic) bond motifs is 1. The molecule has 1 aromatic carbocycles. The summed E-state index contributed by atoms with van der Waals surface area (Å²) in [5.41, 5.74) is -1.01. The summed E-state index contributed by atoms with van der Waals surface area (Å²) in [6.07, 6.45) is 5.24. The summed E-state index contributed by atoms with van der Waals surface area (Å²) in [4.78, 5) is 26.9. The van der Waals surface area contributed by atoms with E-state index in [2.05, 4.69) is 20.9 Å². The van der Waals surface area contributed by atoms with E-state index in [9.17, 15) is 19.8 Å². The zero-order valence-corrected chi connectivity index (χ0v) is 14.1. The maximum atomic E-state index is 12.2. The molecule has 2 atom stereocenters. The first-order chi connectivity index (χ1) is 10.8. The number of carboxylic acid groups (broad SMARTS) is 2. The van der Waals surface area contributed by atoms with Gasteiger partial charge in [0.25, 0.3) is 0 Å². The van der Waals surface area contributed by atoms with Gasteiger partial charge < -0.3 is 15.2 Å². The average Bonchev–Trinajstić information content (AvgIpc) is 2.90. The topological polar surface area (TPSA) is 90.4 Å². The second-order valence-corrected chi connectivity index (χ2v) is 7.20. The van der Waals surface area contributed by atoms with Gasteiger partial charge in [0.05, 0.1) is 10.8 Å². The van der Waals surface area contributed by atoms with Crippen LogP contribution in [0.15, 0.2) is 41.0 Å². The van der Waals surface area contributed by atoms with Crippen LogP contribution in [-0.2, 0) is 15.0 Å². The fourth-order valence-corrected chi connectivity index (χ4v) is 3.76. The Morgan fingerprint density at radius 3 is 2.65 bits per heavy atom. The predicted octanol–water partition coefficient (Wildman–Crippen LogP) is 3.69. The summed E-state index contributed by atoms with van der Waals surface area (Å²) in [5, 5.41) is 20.3. The minimum atomic E-state index is -1.26. The van der Waals surface area contributed by atoms with Gasteiger partial charge in [-0.15, -0.1) is 0 Å². The van der Waals surface area contributed by atoms with Crippen LogP contribution < -0.4 is 0 Å². The van der Waals surface area contributed by atoms with E-state index in [1.807, 2.05) is 18.2 Å². The average molecular weight is 378 g/mol. The van der Waals surface area contributed by atoms with Gasteiger partial charge in [-0.2, -0.15) is 0 Å². The van der Waals surface area contributed by atoms with Crippen molar-refractivity contribution < 1.29 is 19.8 Å². The highest BCUT2D eigenvalue weighted by Crippen LogP contribution is 2.47. The number of aromatic amines is 1. The van der Waals surface area contributed by atoms with Gasteiger partial charge >= 0.3 is 11.9 Å². The molecule has 23 heavy (non-hydrogen) atoms. The highest BCUT2D eigenvalue weighted by molar-refractivity contribution is 9.10. The van der Waals surface area contributed by atoms with Crippen LogP contribution in [0.4, 0.5) is 0 Å². The zero-order valence-electron chi connectivity index (χ0n) is 12.5. The lowest BCUT2D eigenvalue weighted by atomic mass is 9.63. The minimum absolute atomic E-state index is 0.0145. The van der Waals surface area contributed by atoms with Crippen LogP contribution in [0.3, 0.4) is 0 Å². The second kappa shape index (κ2) is 5.23. The molecular weight excluding hydrogens is 362 g/mol. The first-order valence-corrected chi connectivity index (χ1v) is 7.99. The van der Waals surface area contributed by atoms with Crippen LogP contribution in [0.1, 0.15) is 25.3 Å². The van der Waals surface area contributed by atoms with Crippen LogP contribution in [0.2, 0.25) is 0 Å². The molecule has 1 aliphatic rings. The van der Waals surface area contributed by atoms with E-state index in [1.54, 1.807) is 25.3 Å². The molecule has 3 N–H and O–H groups in total. The van der Waals surface area contributed by atoms with Crippen molar-refractivity contribution >= 4 is 38.8 Å². The Morgan fingerprint density at radius 2 is 2.00 bits per heavy atom. The number of H-pyrrole nitrogens is 1. The molecule has 0 fully saturated rings. The van der Waals surface area contributed by atoms with Gasteiger partial charge in [0, 0.05) is 21.6 Å². The van der Waals surface area contributed by atoms with Crippen molar-refractivity contribution in [2.24, 2.45) is 5.41 Å². The normalized spacial score (nSPS) is 27.2. The van der Waals surface area contributed by atoms with Crippen molar-refractivity contribution in [1.29, 1.82) is 0 Å². The van der Waals surface area contributed by atoms with Gasteiger partial charge in [-0.3, -0.25) is 9.59 Å². The quantitative estimate of drug-likeness (QED) is 0.711. The molecule has 1 heterocycles. The third-order valence-electron chi connectivity index (χ3n) is 4.68. The molecule has 0 saturated carbocycles. The smallest absolute Gasteiger partial charge is 0.314 e. The fourth-order valence-electron chi connectivity index (χ4n) is 3.40. The summed E-state index contributed by atoms with van der Waals surface area (Å²) in [5.74, 6) is -2.02. The highest BCUT2D eigenvalue weighted by atomic mass is 79.9. The van der Waals surface area contributed by atoms with Gasteiger partial charge in [-0.1, -0.05) is 28.1 Å². The monoisotopic (exact) mass is 377 g/mol. The van der Waals surface area contributed by atoms with Crippen molar-refractivity contribution in [3.8, 4) is 0 Å². The Kier molecular flexibility index (Phi) is 3.59. The molecule has 0 saturated heterocycles. The largest absolute Gasteiger partial charge is 0.481 e. The van der Waals surface area contributed by atoms with E-state index < -0.39 is 22.8 Å². The molecule has 2 unspecified atom stereocenters. The van der Waals surface area contributed by atoms with Crippen LogP contribution in [-0.4, -0.2) is 27.1 Å². The van der Waals surface area contributed by atoms with Crippen LogP contribution >= 0.6 is 15.9 Å². The maximum absolute atomic E-state index is 12.2. The molecule has 0 spiro atoms. The number of aliphatic carboxylic acids is 2. The van der Waals surface area contributed by atoms with Crippen molar-refractivity contribution in [3.63, 3.8) is 0 Å². The van der Waals surface area contributed by atoms with Crippen LogP contribution in [0.5, 0.6) is 0 Å². The van der Waals surface area contributed by atoms with Crippen LogP contribution in [0, 0.1) is 5.41 Å². The fraction of sp³-hybridized carbons (Fsp3) is 0.294.